The summed E-state index contributed by atoms with van der Waals surface area (Å²) in [7, 11) is 1.43. The van der Waals surface area contributed by atoms with E-state index in [1.807, 2.05) is 0 Å². The fourth-order valence-electron chi connectivity index (χ4n) is 2.44. The van der Waals surface area contributed by atoms with Gasteiger partial charge in [-0.3, -0.25) is 9.19 Å². The number of pyridine rings is 1. The van der Waals surface area contributed by atoms with Crippen LogP contribution in [0.1, 0.15) is 5.69 Å². The van der Waals surface area contributed by atoms with Crippen LogP contribution in [0.4, 0.5) is 8.78 Å². The van der Waals surface area contributed by atoms with Gasteiger partial charge < -0.3 is 14.2 Å². The molecule has 0 radical (unpaired) electrons. The maximum atomic E-state index is 12.6. The van der Waals surface area contributed by atoms with Crippen molar-refractivity contribution in [1.82, 2.24) is 4.98 Å². The molecule has 0 N–H and O–H groups in total. The Morgan fingerprint density at radius 1 is 1.15 bits per heavy atom. The molecule has 7 nitrogen and oxygen atoms in total. The quantitative estimate of drug-likeness (QED) is 0.717. The fourth-order valence-corrected chi connectivity index (χ4v) is 3.53. The smallest absolute Gasteiger partial charge is 0.387 e. The first-order valence-electron chi connectivity index (χ1n) is 7.45. The molecule has 2 atom stereocenters. The lowest BCUT2D eigenvalue weighted by Crippen LogP contribution is -2.21. The van der Waals surface area contributed by atoms with Crippen LogP contribution in [0, 0.1) is 0 Å². The molecule has 1 aromatic carbocycles. The second kappa shape index (κ2) is 7.73. The summed E-state index contributed by atoms with van der Waals surface area (Å²) >= 11 is 0. The van der Waals surface area contributed by atoms with Crippen molar-refractivity contribution >= 4 is 10.8 Å². The Balaban J connectivity index is 1.82. The molecule has 0 bridgehead atoms. The number of benzene rings is 1. The van der Waals surface area contributed by atoms with Crippen molar-refractivity contribution in [2.24, 2.45) is 9.98 Å². The van der Waals surface area contributed by atoms with Gasteiger partial charge >= 0.3 is 6.61 Å². The van der Waals surface area contributed by atoms with E-state index in [2.05, 4.69) is 19.7 Å². The molecule has 0 aliphatic carbocycles. The minimum absolute atomic E-state index is 0.0275. The summed E-state index contributed by atoms with van der Waals surface area (Å²) in [5, 5.41) is 0.822. The van der Waals surface area contributed by atoms with E-state index < -0.39 is 22.9 Å². The van der Waals surface area contributed by atoms with Gasteiger partial charge in [-0.05, 0) is 12.1 Å². The molecule has 1 aliphatic heterocycles. The van der Waals surface area contributed by atoms with E-state index in [9.17, 15) is 13.0 Å². The third kappa shape index (κ3) is 3.79. The number of fused-ring (bicyclic) bond motifs is 1. The van der Waals surface area contributed by atoms with Crippen molar-refractivity contribution in [2.75, 3.05) is 14.2 Å². The molecular formula is C16H15F2N3O4S. The van der Waals surface area contributed by atoms with Crippen LogP contribution in [0.5, 0.6) is 17.2 Å². The van der Waals surface area contributed by atoms with Crippen LogP contribution < -0.4 is 24.9 Å². The third-order valence-corrected chi connectivity index (χ3v) is 4.79. The van der Waals surface area contributed by atoms with Crippen molar-refractivity contribution in [1.29, 1.82) is 0 Å². The molecule has 26 heavy (non-hydrogen) atoms. The minimum Gasteiger partial charge on any atom is -0.493 e. The predicted octanol–water partition coefficient (Wildman–Crippen LogP) is 1.19. The van der Waals surface area contributed by atoms with E-state index in [4.69, 9.17) is 9.47 Å². The number of aromatic nitrogens is 1. The molecule has 1 aliphatic rings. The lowest BCUT2D eigenvalue weighted by atomic mass is 10.3. The highest BCUT2D eigenvalue weighted by Gasteiger charge is 2.22. The fraction of sp³-hybridized carbons (Fsp3) is 0.312. The molecule has 10 heteroatoms. The first-order valence-corrected chi connectivity index (χ1v) is 8.83. The van der Waals surface area contributed by atoms with E-state index in [1.165, 1.54) is 38.6 Å². The monoisotopic (exact) mass is 383 g/mol. The van der Waals surface area contributed by atoms with E-state index >= 15 is 0 Å². The number of methoxy groups -OCH3 is 2. The van der Waals surface area contributed by atoms with Gasteiger partial charge in [0, 0.05) is 18.3 Å². The zero-order chi connectivity index (χ0) is 18.7. The highest BCUT2D eigenvalue weighted by Crippen LogP contribution is 2.30. The average Bonchev–Trinajstić information content (AvgIpc) is 3.04. The number of ether oxygens (including phenoxy) is 3. The van der Waals surface area contributed by atoms with E-state index in [0.29, 0.717) is 27.9 Å². The topological polar surface area (TPSA) is 82.4 Å². The molecule has 0 spiro atoms. The van der Waals surface area contributed by atoms with E-state index in [1.54, 1.807) is 6.07 Å². The number of hydrogen-bond acceptors (Lipinski definition) is 7. The summed E-state index contributed by atoms with van der Waals surface area (Å²) < 4.78 is 52.1. The van der Waals surface area contributed by atoms with Crippen molar-refractivity contribution in [2.45, 2.75) is 17.9 Å². The molecular weight excluding hydrogens is 368 g/mol. The predicted molar refractivity (Wildman–Crippen MR) is 88.4 cm³/mol. The molecule has 0 fully saturated rings. The van der Waals surface area contributed by atoms with Gasteiger partial charge in [0.25, 0.3) is 0 Å². The Labute approximate surface area is 149 Å². The van der Waals surface area contributed by atoms with Gasteiger partial charge in [0.2, 0.25) is 5.50 Å². The Kier molecular flexibility index (Phi) is 5.40. The van der Waals surface area contributed by atoms with Crippen LogP contribution >= 0.6 is 0 Å². The molecule has 2 aromatic rings. The maximum Gasteiger partial charge on any atom is 0.387 e. The zero-order valence-corrected chi connectivity index (χ0v) is 14.7. The standard InChI is InChI=1S/C16H15F2N3O4S/c1-23-13-5-6-19-12(14(13)24-2)8-26(22)16-20-10-4-3-9(25-15(17)18)7-11(10)21-16/h3-7,15-16H,8H2,1-2H3. The Hall–Kier alpha value is -2.62. The SMILES string of the molecule is COc1ccnc(CS(=O)C2N=c3ccc(OC(F)F)cc3=N2)c1OC. The van der Waals surface area contributed by atoms with Crippen molar-refractivity contribution in [3.63, 3.8) is 0 Å². The summed E-state index contributed by atoms with van der Waals surface area (Å²) in [5.41, 5.74) is -0.405. The first kappa shape index (κ1) is 18.2. The largest absolute Gasteiger partial charge is 0.493 e. The van der Waals surface area contributed by atoms with Crippen LogP contribution in [0.15, 0.2) is 40.4 Å². The summed E-state index contributed by atoms with van der Waals surface area (Å²) in [6.07, 6.45) is 1.53. The van der Waals surface area contributed by atoms with Crippen molar-refractivity contribution in [3.8, 4) is 17.2 Å². The molecule has 138 valence electrons. The van der Waals surface area contributed by atoms with E-state index in [-0.39, 0.29) is 11.5 Å². The molecule has 0 amide bonds. The Morgan fingerprint density at radius 3 is 2.62 bits per heavy atom. The van der Waals surface area contributed by atoms with Gasteiger partial charge in [-0.25, -0.2) is 9.98 Å². The second-order valence-corrected chi connectivity index (χ2v) is 6.60. The van der Waals surface area contributed by atoms with Gasteiger partial charge in [-0.15, -0.1) is 0 Å². The minimum atomic E-state index is -2.93. The number of halogens is 2. The Bertz CT molecular complexity index is 955. The van der Waals surface area contributed by atoms with E-state index in [0.717, 1.165) is 0 Å². The molecule has 0 saturated heterocycles. The summed E-state index contributed by atoms with van der Waals surface area (Å²) in [4.78, 5) is 12.7. The van der Waals surface area contributed by atoms with Crippen LogP contribution in [0.3, 0.4) is 0 Å². The summed E-state index contributed by atoms with van der Waals surface area (Å²) in [6.45, 7) is -2.93. The lowest BCUT2D eigenvalue weighted by Gasteiger charge is -2.11. The normalized spacial score (nSPS) is 16.4. The molecule has 1 aromatic heterocycles. The third-order valence-electron chi connectivity index (χ3n) is 3.55. The van der Waals surface area contributed by atoms with Crippen LogP contribution in [-0.4, -0.2) is 35.5 Å². The summed E-state index contributed by atoms with van der Waals surface area (Å²) in [6, 6.07) is 5.84. The Morgan fingerprint density at radius 2 is 1.92 bits per heavy atom. The average molecular weight is 383 g/mol. The van der Waals surface area contributed by atoms with Gasteiger partial charge in [0.1, 0.15) is 5.75 Å². The van der Waals surface area contributed by atoms with Crippen molar-refractivity contribution in [3.05, 3.63) is 46.9 Å². The van der Waals surface area contributed by atoms with Gasteiger partial charge in [0.15, 0.2) is 11.5 Å². The van der Waals surface area contributed by atoms with Crippen LogP contribution in [0.25, 0.3) is 0 Å². The van der Waals surface area contributed by atoms with Gasteiger partial charge in [0.05, 0.1) is 47.2 Å². The number of nitrogens with zero attached hydrogens (tertiary/aromatic N) is 3. The second-order valence-electron chi connectivity index (χ2n) is 5.13. The number of hydrogen-bond donors (Lipinski definition) is 0. The lowest BCUT2D eigenvalue weighted by molar-refractivity contribution is -0.0499. The molecule has 3 rings (SSSR count). The summed E-state index contributed by atoms with van der Waals surface area (Å²) in [5.74, 6) is 0.894. The molecule has 0 saturated carbocycles. The van der Waals surface area contributed by atoms with Crippen LogP contribution in [0.2, 0.25) is 0 Å². The number of rotatable bonds is 7. The highest BCUT2D eigenvalue weighted by molar-refractivity contribution is 7.84. The van der Waals surface area contributed by atoms with Gasteiger partial charge in [-0.2, -0.15) is 8.78 Å². The highest BCUT2D eigenvalue weighted by atomic mass is 32.2. The molecule has 2 heterocycles. The van der Waals surface area contributed by atoms with Gasteiger partial charge in [-0.1, -0.05) is 0 Å². The molecule has 2 unspecified atom stereocenters. The van der Waals surface area contributed by atoms with Crippen molar-refractivity contribution < 1.29 is 27.2 Å². The zero-order valence-electron chi connectivity index (χ0n) is 13.9. The number of alkyl halides is 2. The van der Waals surface area contributed by atoms with Crippen LogP contribution in [-0.2, 0) is 16.6 Å². The first-order chi connectivity index (χ1) is 12.5. The maximum absolute atomic E-state index is 12.6.